The molecule has 0 aliphatic rings. The van der Waals surface area contributed by atoms with Crippen LogP contribution in [0.5, 0.6) is 11.5 Å². The summed E-state index contributed by atoms with van der Waals surface area (Å²) in [6.45, 7) is 0.240. The molecule has 0 fully saturated rings. The van der Waals surface area contributed by atoms with E-state index in [1.165, 1.54) is 6.08 Å². The highest BCUT2D eigenvalue weighted by Crippen LogP contribution is 2.23. The van der Waals surface area contributed by atoms with Crippen LogP contribution in [0.4, 0.5) is 0 Å². The molecule has 3 aromatic carbocycles. The normalized spacial score (nSPS) is 10.7. The predicted molar refractivity (Wildman–Crippen MR) is 110 cm³/mol. The van der Waals surface area contributed by atoms with Crippen LogP contribution in [0.3, 0.4) is 0 Å². The van der Waals surface area contributed by atoms with Crippen LogP contribution in [0.2, 0.25) is 0 Å². The first-order valence-electron chi connectivity index (χ1n) is 8.97. The van der Waals surface area contributed by atoms with Crippen molar-refractivity contribution >= 4 is 17.8 Å². The quantitative estimate of drug-likeness (QED) is 0.451. The molecule has 0 radical (unpaired) electrons. The molecule has 5 heteroatoms. The van der Waals surface area contributed by atoms with Crippen molar-refractivity contribution in [2.24, 2.45) is 0 Å². The van der Waals surface area contributed by atoms with Crippen molar-refractivity contribution in [1.82, 2.24) is 0 Å². The number of carbonyl (C=O) groups is 2. The highest BCUT2D eigenvalue weighted by atomic mass is 16.5. The van der Waals surface area contributed by atoms with Gasteiger partial charge in [-0.15, -0.1) is 0 Å². The second-order valence-electron chi connectivity index (χ2n) is 6.25. The zero-order valence-electron chi connectivity index (χ0n) is 15.9. The summed E-state index contributed by atoms with van der Waals surface area (Å²) < 4.78 is 11.2. The summed E-state index contributed by atoms with van der Waals surface area (Å²) in [4.78, 5) is 23.2. The second-order valence-corrected chi connectivity index (χ2v) is 6.25. The molecule has 1 N–H and O–H groups in total. The molecule has 0 aromatic heterocycles. The minimum Gasteiger partial charge on any atom is -0.496 e. The maximum absolute atomic E-state index is 12.5. The standard InChI is InChI=1S/C24H20O5/c1-28-22-13-7-17(8-14-23(25)26)15-20(22)16-29-21-11-9-19(10-12-21)24(27)18-5-3-2-4-6-18/h2-15H,16H2,1H3,(H,25,26). The van der Waals surface area contributed by atoms with Crippen LogP contribution in [-0.2, 0) is 11.4 Å². The van der Waals surface area contributed by atoms with Gasteiger partial charge in [0.25, 0.3) is 0 Å². The molecule has 3 rings (SSSR count). The van der Waals surface area contributed by atoms with Gasteiger partial charge >= 0.3 is 5.97 Å². The Bertz CT molecular complexity index is 1020. The highest BCUT2D eigenvalue weighted by molar-refractivity contribution is 6.08. The van der Waals surface area contributed by atoms with E-state index >= 15 is 0 Å². The zero-order valence-corrected chi connectivity index (χ0v) is 15.9. The molecule has 0 unspecified atom stereocenters. The average molecular weight is 388 g/mol. The lowest BCUT2D eigenvalue weighted by Crippen LogP contribution is -2.02. The van der Waals surface area contributed by atoms with Gasteiger partial charge in [0.2, 0.25) is 0 Å². The third-order valence-electron chi connectivity index (χ3n) is 4.27. The maximum Gasteiger partial charge on any atom is 0.328 e. The van der Waals surface area contributed by atoms with Crippen molar-refractivity contribution in [3.63, 3.8) is 0 Å². The molecule has 5 nitrogen and oxygen atoms in total. The fourth-order valence-electron chi connectivity index (χ4n) is 2.80. The number of hydrogen-bond acceptors (Lipinski definition) is 4. The topological polar surface area (TPSA) is 72.8 Å². The van der Waals surface area contributed by atoms with Crippen molar-refractivity contribution in [3.8, 4) is 11.5 Å². The lowest BCUT2D eigenvalue weighted by atomic mass is 10.0. The van der Waals surface area contributed by atoms with E-state index < -0.39 is 5.97 Å². The zero-order chi connectivity index (χ0) is 20.6. The van der Waals surface area contributed by atoms with E-state index in [2.05, 4.69) is 0 Å². The van der Waals surface area contributed by atoms with E-state index in [0.717, 1.165) is 17.2 Å². The number of aliphatic carboxylic acids is 1. The number of rotatable bonds is 8. The molecule has 29 heavy (non-hydrogen) atoms. The minimum atomic E-state index is -1.01. The molecular weight excluding hydrogens is 368 g/mol. The molecule has 0 spiro atoms. The Kier molecular flexibility index (Phi) is 6.43. The van der Waals surface area contributed by atoms with Gasteiger partial charge < -0.3 is 14.6 Å². The number of hydrogen-bond donors (Lipinski definition) is 1. The molecule has 0 saturated heterocycles. The Balaban J connectivity index is 1.70. The first kappa shape index (κ1) is 19.9. The van der Waals surface area contributed by atoms with E-state index in [1.54, 1.807) is 55.6 Å². The molecular formula is C24H20O5. The van der Waals surface area contributed by atoms with E-state index in [-0.39, 0.29) is 12.4 Å². The Morgan fingerprint density at radius 1 is 0.931 bits per heavy atom. The Hall–Kier alpha value is -3.86. The lowest BCUT2D eigenvalue weighted by Gasteiger charge is -2.11. The molecule has 146 valence electrons. The number of methoxy groups -OCH3 is 1. The molecule has 0 atom stereocenters. The first-order chi connectivity index (χ1) is 14.1. The summed E-state index contributed by atoms with van der Waals surface area (Å²) in [6.07, 6.45) is 2.59. The van der Waals surface area contributed by atoms with Crippen LogP contribution >= 0.6 is 0 Å². The minimum absolute atomic E-state index is 0.0447. The smallest absolute Gasteiger partial charge is 0.328 e. The van der Waals surface area contributed by atoms with Gasteiger partial charge in [-0.25, -0.2) is 4.79 Å². The predicted octanol–water partition coefficient (Wildman–Crippen LogP) is 4.60. The van der Waals surface area contributed by atoms with E-state index in [1.807, 2.05) is 24.3 Å². The molecule has 0 saturated carbocycles. The van der Waals surface area contributed by atoms with Crippen molar-refractivity contribution in [2.45, 2.75) is 6.61 Å². The van der Waals surface area contributed by atoms with Crippen molar-refractivity contribution in [2.75, 3.05) is 7.11 Å². The number of ketones is 1. The van der Waals surface area contributed by atoms with Gasteiger partial charge in [0, 0.05) is 22.8 Å². The van der Waals surface area contributed by atoms with Gasteiger partial charge in [-0.1, -0.05) is 36.4 Å². The summed E-state index contributed by atoms with van der Waals surface area (Å²) >= 11 is 0. The van der Waals surface area contributed by atoms with E-state index in [9.17, 15) is 9.59 Å². The molecule has 0 heterocycles. The van der Waals surface area contributed by atoms with Gasteiger partial charge in [-0.2, -0.15) is 0 Å². The number of carbonyl (C=O) groups excluding carboxylic acids is 1. The van der Waals surface area contributed by atoms with Crippen LogP contribution in [0.25, 0.3) is 6.08 Å². The van der Waals surface area contributed by atoms with Crippen LogP contribution in [0.15, 0.2) is 78.9 Å². The fraction of sp³-hybridized carbons (Fsp3) is 0.0833. The Morgan fingerprint density at radius 3 is 2.28 bits per heavy atom. The summed E-state index contributed by atoms with van der Waals surface area (Å²) in [6, 6.07) is 21.4. The van der Waals surface area contributed by atoms with E-state index in [0.29, 0.717) is 22.6 Å². The first-order valence-corrected chi connectivity index (χ1v) is 8.97. The number of ether oxygens (including phenoxy) is 2. The van der Waals surface area contributed by atoms with Crippen LogP contribution < -0.4 is 9.47 Å². The molecule has 0 bridgehead atoms. The Morgan fingerprint density at radius 2 is 1.62 bits per heavy atom. The van der Waals surface area contributed by atoms with Crippen LogP contribution in [0.1, 0.15) is 27.0 Å². The van der Waals surface area contributed by atoms with Gasteiger partial charge in [-0.05, 0) is 48.0 Å². The SMILES string of the molecule is COc1ccc(C=CC(=O)O)cc1COc1ccc(C(=O)c2ccccc2)cc1. The van der Waals surface area contributed by atoms with Crippen molar-refractivity contribution in [3.05, 3.63) is 101 Å². The number of carboxylic acid groups (broad SMARTS) is 1. The van der Waals surface area contributed by atoms with E-state index in [4.69, 9.17) is 14.6 Å². The monoisotopic (exact) mass is 388 g/mol. The van der Waals surface area contributed by atoms with Crippen LogP contribution in [-0.4, -0.2) is 24.0 Å². The fourth-order valence-corrected chi connectivity index (χ4v) is 2.80. The molecule has 0 aliphatic carbocycles. The average Bonchev–Trinajstić information content (AvgIpc) is 2.76. The summed E-state index contributed by atoms with van der Waals surface area (Å²) in [7, 11) is 1.57. The van der Waals surface area contributed by atoms with Crippen LogP contribution in [0, 0.1) is 0 Å². The van der Waals surface area contributed by atoms with Gasteiger partial charge in [0.1, 0.15) is 18.1 Å². The van der Waals surface area contributed by atoms with Gasteiger partial charge in [-0.3, -0.25) is 4.79 Å². The maximum atomic E-state index is 12.5. The highest BCUT2D eigenvalue weighted by Gasteiger charge is 2.09. The Labute approximate surface area is 168 Å². The number of benzene rings is 3. The molecule has 0 aliphatic heterocycles. The molecule has 3 aromatic rings. The summed E-state index contributed by atoms with van der Waals surface area (Å²) in [5, 5.41) is 8.77. The molecule has 0 amide bonds. The summed E-state index contributed by atoms with van der Waals surface area (Å²) in [5.41, 5.74) is 2.74. The summed E-state index contributed by atoms with van der Waals surface area (Å²) in [5.74, 6) is 0.206. The largest absolute Gasteiger partial charge is 0.496 e. The lowest BCUT2D eigenvalue weighted by molar-refractivity contribution is -0.131. The second kappa shape index (κ2) is 9.37. The third-order valence-corrected chi connectivity index (χ3v) is 4.27. The van der Waals surface area contributed by atoms with Crippen molar-refractivity contribution < 1.29 is 24.2 Å². The number of carboxylic acids is 1. The van der Waals surface area contributed by atoms with Crippen molar-refractivity contribution in [1.29, 1.82) is 0 Å². The van der Waals surface area contributed by atoms with Gasteiger partial charge in [0.15, 0.2) is 5.78 Å². The third kappa shape index (κ3) is 5.32. The van der Waals surface area contributed by atoms with Gasteiger partial charge in [0.05, 0.1) is 7.11 Å².